The number of hydrogen-bond donors (Lipinski definition) is 1. The van der Waals surface area contributed by atoms with E-state index in [1.54, 1.807) is 17.0 Å². The molecule has 2 aromatic carbocycles. The minimum absolute atomic E-state index is 0.143. The highest BCUT2D eigenvalue weighted by atomic mass is 16.2. The zero-order chi connectivity index (χ0) is 19.3. The van der Waals surface area contributed by atoms with Crippen LogP contribution in [0.4, 0.5) is 0 Å². The van der Waals surface area contributed by atoms with Gasteiger partial charge in [-0.25, -0.2) is 9.67 Å². The zero-order valence-electron chi connectivity index (χ0n) is 15.2. The number of nitrogens with zero attached hydrogens (tertiary/aromatic N) is 4. The lowest BCUT2D eigenvalue weighted by Crippen LogP contribution is -2.33. The van der Waals surface area contributed by atoms with Crippen LogP contribution >= 0.6 is 0 Å². The van der Waals surface area contributed by atoms with Crippen LogP contribution in [0.5, 0.6) is 0 Å². The van der Waals surface area contributed by atoms with E-state index >= 15 is 0 Å². The first-order chi connectivity index (χ1) is 13.7. The van der Waals surface area contributed by atoms with Crippen LogP contribution in [0, 0.1) is 0 Å². The lowest BCUT2D eigenvalue weighted by molar-refractivity contribution is -0.121. The van der Waals surface area contributed by atoms with Gasteiger partial charge in [-0.1, -0.05) is 42.5 Å². The molecule has 0 bridgehead atoms. The first-order valence-corrected chi connectivity index (χ1v) is 9.01. The van der Waals surface area contributed by atoms with Gasteiger partial charge in [0, 0.05) is 18.2 Å². The van der Waals surface area contributed by atoms with Gasteiger partial charge in [-0.15, -0.1) is 0 Å². The first-order valence-electron chi connectivity index (χ1n) is 9.01. The summed E-state index contributed by atoms with van der Waals surface area (Å²) in [6, 6.07) is 20.5. The summed E-state index contributed by atoms with van der Waals surface area (Å²) < 4.78 is 3.17. The fourth-order valence-electron chi connectivity index (χ4n) is 3.02. The number of rotatable bonds is 6. The monoisotopic (exact) mass is 373 g/mol. The SMILES string of the molecule is O=C(Cn1cnc2ccccc21)NCCn1nc(-c2ccccc2)ccc1=O. The Balaban J connectivity index is 1.38. The molecular formula is C21H19N5O2. The largest absolute Gasteiger partial charge is 0.353 e. The van der Waals surface area contributed by atoms with E-state index in [1.807, 2.05) is 54.6 Å². The van der Waals surface area contributed by atoms with Gasteiger partial charge in [-0.3, -0.25) is 9.59 Å². The Hall–Kier alpha value is -3.74. The number of carbonyl (C=O) groups is 1. The molecule has 0 saturated carbocycles. The third-order valence-corrected chi connectivity index (χ3v) is 4.42. The number of hydrogen-bond acceptors (Lipinski definition) is 4. The van der Waals surface area contributed by atoms with Crippen molar-refractivity contribution in [3.8, 4) is 11.3 Å². The molecule has 0 radical (unpaired) electrons. The van der Waals surface area contributed by atoms with E-state index in [2.05, 4.69) is 15.4 Å². The number of amides is 1. The fourth-order valence-corrected chi connectivity index (χ4v) is 3.02. The molecule has 0 fully saturated rings. The molecule has 0 unspecified atom stereocenters. The van der Waals surface area contributed by atoms with E-state index in [1.165, 1.54) is 10.7 Å². The van der Waals surface area contributed by atoms with Crippen LogP contribution in [-0.4, -0.2) is 31.8 Å². The van der Waals surface area contributed by atoms with Crippen molar-refractivity contribution in [3.05, 3.63) is 83.4 Å². The van der Waals surface area contributed by atoms with Crippen molar-refractivity contribution in [1.82, 2.24) is 24.6 Å². The molecule has 0 saturated heterocycles. The van der Waals surface area contributed by atoms with Crippen LogP contribution in [0.2, 0.25) is 0 Å². The Morgan fingerprint density at radius 2 is 1.75 bits per heavy atom. The summed E-state index contributed by atoms with van der Waals surface area (Å²) in [5, 5.41) is 7.23. The molecule has 0 spiro atoms. The third-order valence-electron chi connectivity index (χ3n) is 4.42. The maximum Gasteiger partial charge on any atom is 0.266 e. The molecule has 4 aromatic rings. The van der Waals surface area contributed by atoms with Crippen LogP contribution in [0.1, 0.15) is 0 Å². The second-order valence-corrected chi connectivity index (χ2v) is 6.36. The standard InChI is InChI=1S/C21H19N5O2/c27-20(14-25-15-23-18-8-4-5-9-19(18)25)22-12-13-26-21(28)11-10-17(24-26)16-6-2-1-3-7-16/h1-11,15H,12-14H2,(H,22,27). The number of carbonyl (C=O) groups excluding carboxylic acids is 1. The van der Waals surface area contributed by atoms with Crippen molar-refractivity contribution in [3.63, 3.8) is 0 Å². The van der Waals surface area contributed by atoms with Crippen molar-refractivity contribution >= 4 is 16.9 Å². The topological polar surface area (TPSA) is 81.8 Å². The Kier molecular flexibility index (Phi) is 4.97. The van der Waals surface area contributed by atoms with Crippen molar-refractivity contribution in [2.45, 2.75) is 13.1 Å². The second-order valence-electron chi connectivity index (χ2n) is 6.36. The molecule has 2 aromatic heterocycles. The molecule has 0 aliphatic carbocycles. The Labute approximate surface area is 161 Å². The quantitative estimate of drug-likeness (QED) is 0.561. The summed E-state index contributed by atoms with van der Waals surface area (Å²) in [6.07, 6.45) is 1.65. The van der Waals surface area contributed by atoms with E-state index in [9.17, 15) is 9.59 Å². The smallest absolute Gasteiger partial charge is 0.266 e. The Morgan fingerprint density at radius 3 is 2.61 bits per heavy atom. The number of benzene rings is 2. The van der Waals surface area contributed by atoms with E-state index in [0.29, 0.717) is 13.1 Å². The zero-order valence-corrected chi connectivity index (χ0v) is 15.2. The van der Waals surface area contributed by atoms with Crippen molar-refractivity contribution < 1.29 is 4.79 Å². The molecule has 7 nitrogen and oxygen atoms in total. The Bertz CT molecular complexity index is 1160. The maximum atomic E-state index is 12.3. The summed E-state index contributed by atoms with van der Waals surface area (Å²) in [6.45, 7) is 0.791. The first kappa shape index (κ1) is 17.7. The summed E-state index contributed by atoms with van der Waals surface area (Å²) >= 11 is 0. The average Bonchev–Trinajstić information content (AvgIpc) is 3.13. The van der Waals surface area contributed by atoms with Crippen molar-refractivity contribution in [1.29, 1.82) is 0 Å². The van der Waals surface area contributed by atoms with Gasteiger partial charge in [0.1, 0.15) is 6.54 Å². The number of nitrogens with one attached hydrogen (secondary N) is 1. The predicted molar refractivity (Wildman–Crippen MR) is 107 cm³/mol. The minimum atomic E-state index is -0.200. The molecule has 1 N–H and O–H groups in total. The van der Waals surface area contributed by atoms with Gasteiger partial charge in [0.05, 0.1) is 29.6 Å². The predicted octanol–water partition coefficient (Wildman–Crippen LogP) is 2.08. The number of fused-ring (bicyclic) bond motifs is 1. The van der Waals surface area contributed by atoms with Crippen molar-refractivity contribution in [2.24, 2.45) is 0 Å². The van der Waals surface area contributed by atoms with Crippen LogP contribution in [0.3, 0.4) is 0 Å². The molecule has 4 rings (SSSR count). The minimum Gasteiger partial charge on any atom is -0.353 e. The van der Waals surface area contributed by atoms with Gasteiger partial charge >= 0.3 is 0 Å². The van der Waals surface area contributed by atoms with Crippen LogP contribution < -0.4 is 10.9 Å². The van der Waals surface area contributed by atoms with Crippen LogP contribution in [0.15, 0.2) is 77.9 Å². The highest BCUT2D eigenvalue weighted by Crippen LogP contribution is 2.14. The molecular weight excluding hydrogens is 354 g/mol. The average molecular weight is 373 g/mol. The highest BCUT2D eigenvalue weighted by Gasteiger charge is 2.07. The molecule has 0 aliphatic heterocycles. The highest BCUT2D eigenvalue weighted by molar-refractivity contribution is 5.80. The Morgan fingerprint density at radius 1 is 0.964 bits per heavy atom. The molecule has 140 valence electrons. The molecule has 0 aliphatic rings. The van der Waals surface area contributed by atoms with Gasteiger partial charge in [0.25, 0.3) is 5.56 Å². The summed E-state index contributed by atoms with van der Waals surface area (Å²) in [4.78, 5) is 28.6. The van der Waals surface area contributed by atoms with Crippen LogP contribution in [0.25, 0.3) is 22.3 Å². The van der Waals surface area contributed by atoms with Gasteiger partial charge in [0.2, 0.25) is 5.91 Å². The van der Waals surface area contributed by atoms with Gasteiger partial charge in [-0.2, -0.15) is 5.10 Å². The lowest BCUT2D eigenvalue weighted by atomic mass is 10.1. The second kappa shape index (κ2) is 7.87. The van der Waals surface area contributed by atoms with E-state index in [-0.39, 0.29) is 18.0 Å². The molecule has 28 heavy (non-hydrogen) atoms. The van der Waals surface area contributed by atoms with E-state index in [0.717, 1.165) is 22.3 Å². The lowest BCUT2D eigenvalue weighted by Gasteiger charge is -2.09. The number of aromatic nitrogens is 4. The number of imidazole rings is 1. The molecule has 0 atom stereocenters. The summed E-state index contributed by atoms with van der Waals surface area (Å²) in [7, 11) is 0. The summed E-state index contributed by atoms with van der Waals surface area (Å²) in [5.74, 6) is -0.143. The van der Waals surface area contributed by atoms with Crippen molar-refractivity contribution in [2.75, 3.05) is 6.54 Å². The van der Waals surface area contributed by atoms with Gasteiger partial charge < -0.3 is 9.88 Å². The van der Waals surface area contributed by atoms with E-state index in [4.69, 9.17) is 0 Å². The fraction of sp³-hybridized carbons (Fsp3) is 0.143. The maximum absolute atomic E-state index is 12.3. The van der Waals surface area contributed by atoms with Gasteiger partial charge in [0.15, 0.2) is 0 Å². The number of para-hydroxylation sites is 2. The molecule has 7 heteroatoms. The third kappa shape index (κ3) is 3.83. The molecule has 1 amide bonds. The summed E-state index contributed by atoms with van der Waals surface area (Å²) in [5.41, 5.74) is 3.22. The normalized spacial score (nSPS) is 10.9. The van der Waals surface area contributed by atoms with Crippen LogP contribution in [-0.2, 0) is 17.9 Å². The molecule has 2 heterocycles. The van der Waals surface area contributed by atoms with Gasteiger partial charge in [-0.05, 0) is 18.2 Å². The van der Waals surface area contributed by atoms with E-state index < -0.39 is 0 Å².